The first-order valence-electron chi connectivity index (χ1n) is 3.92. The highest BCUT2D eigenvalue weighted by atomic mass is 19.3. The van der Waals surface area contributed by atoms with E-state index in [1.807, 2.05) is 0 Å². The molecular weight excluding hydrogens is 152 g/mol. The van der Waals surface area contributed by atoms with Gasteiger partial charge in [0.1, 0.15) is 0 Å². The molecule has 0 aromatic rings. The molecule has 1 atom stereocenters. The Morgan fingerprint density at radius 3 is 2.82 bits per heavy atom. The molecule has 0 bridgehead atoms. The molecule has 0 aromatic heterocycles. The average Bonchev–Trinajstić information content (AvgIpc) is 2.03. The monoisotopic (exact) mass is 165 g/mol. The Balaban J connectivity index is 2.05. The van der Waals surface area contributed by atoms with Crippen molar-refractivity contribution in [3.05, 3.63) is 0 Å². The maximum atomic E-state index is 11.5. The first kappa shape index (κ1) is 8.87. The molecule has 1 aliphatic heterocycles. The molecule has 0 amide bonds. The summed E-state index contributed by atoms with van der Waals surface area (Å²) in [6.45, 7) is -1.56. The average molecular weight is 165 g/mol. The summed E-state index contributed by atoms with van der Waals surface area (Å²) >= 11 is 0. The molecule has 1 aliphatic rings. The zero-order valence-corrected chi connectivity index (χ0v) is 6.35. The van der Waals surface area contributed by atoms with Gasteiger partial charge in [-0.1, -0.05) is 6.42 Å². The molecule has 0 aliphatic carbocycles. The van der Waals surface area contributed by atoms with Crippen molar-refractivity contribution in [1.82, 2.24) is 5.32 Å². The quantitative estimate of drug-likeness (QED) is 0.682. The molecule has 1 N–H and O–H groups in total. The van der Waals surface area contributed by atoms with Crippen LogP contribution in [0.2, 0.25) is 0 Å². The maximum absolute atomic E-state index is 11.5. The van der Waals surface area contributed by atoms with Gasteiger partial charge in [0.25, 0.3) is 0 Å². The van der Waals surface area contributed by atoms with Crippen molar-refractivity contribution < 1.29 is 13.5 Å². The van der Waals surface area contributed by atoms with E-state index < -0.39 is 6.61 Å². The Labute approximate surface area is 64.9 Å². The van der Waals surface area contributed by atoms with E-state index in [4.69, 9.17) is 0 Å². The fourth-order valence-electron chi connectivity index (χ4n) is 1.26. The minimum absolute atomic E-state index is 0.137. The Bertz CT molecular complexity index is 105. The number of nitrogens with one attached hydrogen (secondary N) is 1. The predicted molar refractivity (Wildman–Crippen MR) is 37.6 cm³/mol. The Morgan fingerprint density at radius 2 is 2.27 bits per heavy atom. The molecule has 1 fully saturated rings. The summed E-state index contributed by atoms with van der Waals surface area (Å²) in [5.74, 6) is 0. The van der Waals surface area contributed by atoms with Crippen molar-refractivity contribution in [1.29, 1.82) is 0 Å². The summed E-state index contributed by atoms with van der Waals surface area (Å²) in [6.07, 6.45) is 3.21. The van der Waals surface area contributed by atoms with Gasteiger partial charge in [-0.3, -0.25) is 0 Å². The van der Waals surface area contributed by atoms with Crippen LogP contribution >= 0.6 is 0 Å². The van der Waals surface area contributed by atoms with Gasteiger partial charge in [-0.2, -0.15) is 8.78 Å². The van der Waals surface area contributed by atoms with Gasteiger partial charge in [-0.25, -0.2) is 0 Å². The summed E-state index contributed by atoms with van der Waals surface area (Å²) in [5, 5.41) is 3.12. The van der Waals surface area contributed by atoms with E-state index in [2.05, 4.69) is 10.1 Å². The fraction of sp³-hybridized carbons (Fsp3) is 1.00. The number of piperidine rings is 1. The zero-order valence-electron chi connectivity index (χ0n) is 6.35. The van der Waals surface area contributed by atoms with Gasteiger partial charge in [-0.05, 0) is 19.4 Å². The van der Waals surface area contributed by atoms with Crippen LogP contribution in [0.3, 0.4) is 0 Å². The van der Waals surface area contributed by atoms with Gasteiger partial charge in [0.2, 0.25) is 0 Å². The third-order valence-corrected chi connectivity index (χ3v) is 1.84. The summed E-state index contributed by atoms with van der Waals surface area (Å²) < 4.78 is 27.3. The molecule has 11 heavy (non-hydrogen) atoms. The minimum atomic E-state index is -2.63. The first-order chi connectivity index (χ1) is 5.29. The lowest BCUT2D eigenvalue weighted by Gasteiger charge is -2.22. The smallest absolute Gasteiger partial charge is 0.321 e. The van der Waals surface area contributed by atoms with Crippen LogP contribution in [0.5, 0.6) is 0 Å². The predicted octanol–water partition coefficient (Wildman–Crippen LogP) is 1.37. The topological polar surface area (TPSA) is 21.3 Å². The summed E-state index contributed by atoms with van der Waals surface area (Å²) in [5.41, 5.74) is 0. The Morgan fingerprint density at radius 1 is 1.45 bits per heavy atom. The second-order valence-electron chi connectivity index (χ2n) is 2.74. The molecule has 0 radical (unpaired) electrons. The van der Waals surface area contributed by atoms with Gasteiger partial charge >= 0.3 is 6.61 Å². The van der Waals surface area contributed by atoms with E-state index in [-0.39, 0.29) is 12.6 Å². The molecule has 0 aromatic carbocycles. The first-order valence-corrected chi connectivity index (χ1v) is 3.92. The number of hydrogen-bond acceptors (Lipinski definition) is 2. The standard InChI is InChI=1S/C7H13F2NO/c8-7(9)11-5-6-3-1-2-4-10-6/h6-7,10H,1-5H2/t6-/m0/s1. The van der Waals surface area contributed by atoms with E-state index >= 15 is 0 Å². The fourth-order valence-corrected chi connectivity index (χ4v) is 1.26. The van der Waals surface area contributed by atoms with E-state index in [9.17, 15) is 8.78 Å². The third-order valence-electron chi connectivity index (χ3n) is 1.84. The van der Waals surface area contributed by atoms with Crippen molar-refractivity contribution in [2.75, 3.05) is 13.2 Å². The van der Waals surface area contributed by atoms with Crippen LogP contribution in [0.15, 0.2) is 0 Å². The number of ether oxygens (including phenoxy) is 1. The van der Waals surface area contributed by atoms with Crippen molar-refractivity contribution >= 4 is 0 Å². The molecule has 4 heteroatoms. The minimum Gasteiger partial charge on any atom is -0.321 e. The number of hydrogen-bond donors (Lipinski definition) is 1. The summed E-state index contributed by atoms with van der Waals surface area (Å²) in [4.78, 5) is 0. The lowest BCUT2D eigenvalue weighted by Crippen LogP contribution is -2.38. The van der Waals surface area contributed by atoms with E-state index in [1.165, 1.54) is 0 Å². The third kappa shape index (κ3) is 3.62. The normalized spacial score (nSPS) is 25.9. The molecule has 0 spiro atoms. The van der Waals surface area contributed by atoms with E-state index in [0.29, 0.717) is 0 Å². The highest BCUT2D eigenvalue weighted by Gasteiger charge is 2.14. The molecule has 1 saturated heterocycles. The van der Waals surface area contributed by atoms with Gasteiger partial charge in [-0.15, -0.1) is 0 Å². The molecule has 2 nitrogen and oxygen atoms in total. The highest BCUT2D eigenvalue weighted by Crippen LogP contribution is 2.08. The second kappa shape index (κ2) is 4.62. The molecule has 66 valence electrons. The van der Waals surface area contributed by atoms with Gasteiger partial charge in [0.05, 0.1) is 6.61 Å². The van der Waals surface area contributed by atoms with E-state index in [1.54, 1.807) is 0 Å². The Kier molecular flexibility index (Phi) is 3.72. The van der Waals surface area contributed by atoms with E-state index in [0.717, 1.165) is 25.8 Å². The van der Waals surface area contributed by atoms with Crippen LogP contribution in [0.25, 0.3) is 0 Å². The second-order valence-corrected chi connectivity index (χ2v) is 2.74. The van der Waals surface area contributed by atoms with Crippen molar-refractivity contribution in [3.8, 4) is 0 Å². The highest BCUT2D eigenvalue weighted by molar-refractivity contribution is 4.70. The van der Waals surface area contributed by atoms with Crippen LogP contribution in [-0.4, -0.2) is 25.8 Å². The van der Waals surface area contributed by atoms with Gasteiger partial charge in [0, 0.05) is 6.04 Å². The van der Waals surface area contributed by atoms with Crippen LogP contribution in [-0.2, 0) is 4.74 Å². The zero-order chi connectivity index (χ0) is 8.10. The lowest BCUT2D eigenvalue weighted by molar-refractivity contribution is -0.134. The number of halogens is 2. The van der Waals surface area contributed by atoms with Crippen LogP contribution in [0.4, 0.5) is 8.78 Å². The van der Waals surface area contributed by atoms with Crippen molar-refractivity contribution in [2.45, 2.75) is 31.9 Å². The van der Waals surface area contributed by atoms with Crippen LogP contribution in [0.1, 0.15) is 19.3 Å². The van der Waals surface area contributed by atoms with Crippen molar-refractivity contribution in [3.63, 3.8) is 0 Å². The Hall–Kier alpha value is -0.220. The van der Waals surface area contributed by atoms with Gasteiger partial charge < -0.3 is 10.1 Å². The molecular formula is C7H13F2NO. The SMILES string of the molecule is FC(F)OC[C@@H]1CCCCN1. The van der Waals surface area contributed by atoms with Gasteiger partial charge in [0.15, 0.2) is 0 Å². The molecule has 0 unspecified atom stereocenters. The van der Waals surface area contributed by atoms with Crippen molar-refractivity contribution in [2.24, 2.45) is 0 Å². The molecule has 1 heterocycles. The largest absolute Gasteiger partial charge is 0.345 e. The summed E-state index contributed by atoms with van der Waals surface area (Å²) in [7, 11) is 0. The maximum Gasteiger partial charge on any atom is 0.345 e. The van der Waals surface area contributed by atoms with Crippen LogP contribution < -0.4 is 5.32 Å². The number of alkyl halides is 2. The number of rotatable bonds is 3. The lowest BCUT2D eigenvalue weighted by atomic mass is 10.1. The molecule has 1 rings (SSSR count). The van der Waals surface area contributed by atoms with Crippen LogP contribution in [0, 0.1) is 0 Å². The molecule has 0 saturated carbocycles. The summed E-state index contributed by atoms with van der Waals surface area (Å²) in [6, 6.07) is 0.137.